The molecule has 1 N–H and O–H groups in total. The van der Waals surface area contributed by atoms with Crippen LogP contribution in [0.4, 0.5) is 0 Å². The summed E-state index contributed by atoms with van der Waals surface area (Å²) in [6, 6.07) is 7.68. The van der Waals surface area contributed by atoms with E-state index in [1.54, 1.807) is 16.7 Å². The Bertz CT molecular complexity index is 486. The molecule has 5 heteroatoms. The summed E-state index contributed by atoms with van der Waals surface area (Å²) in [6.45, 7) is 1.21. The molecule has 20 heavy (non-hydrogen) atoms. The molecule has 1 aliphatic heterocycles. The molecule has 1 fully saturated rings. The normalized spacial score (nSPS) is 18.2. The van der Waals surface area contributed by atoms with Crippen LogP contribution in [0.3, 0.4) is 0 Å². The molecule has 0 spiro atoms. The van der Waals surface area contributed by atoms with Gasteiger partial charge in [0.05, 0.1) is 0 Å². The fraction of sp³-hybridized carbons (Fsp3) is 0.467. The average Bonchev–Trinajstić information content (AvgIpc) is 2.87. The van der Waals surface area contributed by atoms with Crippen molar-refractivity contribution in [2.75, 3.05) is 19.3 Å². The predicted octanol–water partition coefficient (Wildman–Crippen LogP) is 2.49. The number of hydrogen-bond donors (Lipinski definition) is 1. The van der Waals surface area contributed by atoms with E-state index in [4.69, 9.17) is 5.11 Å². The summed E-state index contributed by atoms with van der Waals surface area (Å²) in [5, 5.41) is 8.79. The Balaban J connectivity index is 1.96. The summed E-state index contributed by atoms with van der Waals surface area (Å²) in [7, 11) is 0. The van der Waals surface area contributed by atoms with Crippen LogP contribution in [-0.2, 0) is 10.5 Å². The number of hydrogen-bond acceptors (Lipinski definition) is 3. The van der Waals surface area contributed by atoms with Gasteiger partial charge in [0, 0.05) is 30.8 Å². The molecule has 1 atom stereocenters. The van der Waals surface area contributed by atoms with E-state index >= 15 is 0 Å². The molecule has 0 radical (unpaired) electrons. The first-order chi connectivity index (χ1) is 9.60. The lowest BCUT2D eigenvalue weighted by molar-refractivity contribution is -0.138. The van der Waals surface area contributed by atoms with Crippen molar-refractivity contribution in [1.29, 1.82) is 0 Å². The van der Waals surface area contributed by atoms with Gasteiger partial charge in [-0.15, -0.1) is 0 Å². The molecule has 1 aromatic carbocycles. The van der Waals surface area contributed by atoms with E-state index in [-0.39, 0.29) is 18.2 Å². The van der Waals surface area contributed by atoms with Crippen molar-refractivity contribution in [3.8, 4) is 0 Å². The molecule has 0 saturated carbocycles. The third-order valence-electron chi connectivity index (χ3n) is 3.55. The third-order valence-corrected chi connectivity index (χ3v) is 4.17. The van der Waals surface area contributed by atoms with Gasteiger partial charge in [0.2, 0.25) is 0 Å². The number of thioether (sulfide) groups is 1. The number of carboxylic acid groups (broad SMARTS) is 1. The van der Waals surface area contributed by atoms with Crippen molar-refractivity contribution < 1.29 is 14.7 Å². The molecular weight excluding hydrogens is 274 g/mol. The van der Waals surface area contributed by atoms with Crippen molar-refractivity contribution >= 4 is 23.6 Å². The lowest BCUT2D eigenvalue weighted by Crippen LogP contribution is -2.28. The van der Waals surface area contributed by atoms with Crippen LogP contribution in [0.1, 0.15) is 28.8 Å². The minimum atomic E-state index is -0.786. The van der Waals surface area contributed by atoms with Crippen LogP contribution < -0.4 is 0 Å². The monoisotopic (exact) mass is 293 g/mol. The zero-order valence-electron chi connectivity index (χ0n) is 11.5. The molecule has 2 rings (SSSR count). The number of nitrogens with zero attached hydrogens (tertiary/aromatic N) is 1. The summed E-state index contributed by atoms with van der Waals surface area (Å²) in [5.41, 5.74) is 1.89. The van der Waals surface area contributed by atoms with Crippen molar-refractivity contribution in [1.82, 2.24) is 4.90 Å². The first-order valence-electron chi connectivity index (χ1n) is 6.69. The zero-order valence-corrected chi connectivity index (χ0v) is 12.4. The van der Waals surface area contributed by atoms with Gasteiger partial charge in [-0.3, -0.25) is 9.59 Å². The van der Waals surface area contributed by atoms with E-state index in [9.17, 15) is 9.59 Å². The highest BCUT2D eigenvalue weighted by Crippen LogP contribution is 2.22. The topological polar surface area (TPSA) is 57.6 Å². The van der Waals surface area contributed by atoms with Crippen molar-refractivity contribution in [3.63, 3.8) is 0 Å². The number of benzene rings is 1. The second kappa shape index (κ2) is 6.79. The molecule has 1 unspecified atom stereocenters. The number of rotatable bonds is 5. The highest BCUT2D eigenvalue weighted by molar-refractivity contribution is 7.97. The van der Waals surface area contributed by atoms with Gasteiger partial charge in [0.15, 0.2) is 0 Å². The SMILES string of the molecule is CSCc1ccc(C(=O)N2CCC(CC(=O)O)C2)cc1. The molecule has 4 nitrogen and oxygen atoms in total. The second-order valence-electron chi connectivity index (χ2n) is 5.13. The second-order valence-corrected chi connectivity index (χ2v) is 6.00. The Hall–Kier alpha value is -1.49. The molecule has 1 heterocycles. The Labute approximate surface area is 123 Å². The van der Waals surface area contributed by atoms with Crippen LogP contribution in [0.5, 0.6) is 0 Å². The van der Waals surface area contributed by atoms with Gasteiger partial charge in [-0.05, 0) is 36.3 Å². The maximum Gasteiger partial charge on any atom is 0.303 e. The highest BCUT2D eigenvalue weighted by atomic mass is 32.2. The number of likely N-dealkylation sites (tertiary alicyclic amines) is 1. The minimum absolute atomic E-state index is 0.00795. The van der Waals surface area contributed by atoms with Gasteiger partial charge in [-0.2, -0.15) is 11.8 Å². The molecule has 1 amide bonds. The molecule has 1 aliphatic rings. The summed E-state index contributed by atoms with van der Waals surface area (Å²) in [6.07, 6.45) is 2.98. The van der Waals surface area contributed by atoms with Crippen LogP contribution in [0.15, 0.2) is 24.3 Å². The Morgan fingerprint density at radius 1 is 1.35 bits per heavy atom. The Morgan fingerprint density at radius 2 is 2.05 bits per heavy atom. The largest absolute Gasteiger partial charge is 0.481 e. The third kappa shape index (κ3) is 3.76. The number of carbonyl (C=O) groups excluding carboxylic acids is 1. The van der Waals surface area contributed by atoms with Crippen molar-refractivity contribution in [3.05, 3.63) is 35.4 Å². The van der Waals surface area contributed by atoms with E-state index in [1.807, 2.05) is 30.5 Å². The summed E-state index contributed by atoms with van der Waals surface area (Å²) < 4.78 is 0. The van der Waals surface area contributed by atoms with Crippen LogP contribution in [0.2, 0.25) is 0 Å². The maximum atomic E-state index is 12.3. The van der Waals surface area contributed by atoms with Gasteiger partial charge >= 0.3 is 5.97 Å². The summed E-state index contributed by atoms with van der Waals surface area (Å²) >= 11 is 1.75. The van der Waals surface area contributed by atoms with E-state index in [1.165, 1.54) is 5.56 Å². The standard InChI is InChI=1S/C15H19NO3S/c1-20-10-11-2-4-13(5-3-11)15(19)16-7-6-12(9-16)8-14(17)18/h2-5,12H,6-10H2,1H3,(H,17,18). The first-order valence-corrected chi connectivity index (χ1v) is 8.08. The smallest absolute Gasteiger partial charge is 0.303 e. The van der Waals surface area contributed by atoms with Crippen LogP contribution in [-0.4, -0.2) is 41.2 Å². The molecule has 1 aromatic rings. The highest BCUT2D eigenvalue weighted by Gasteiger charge is 2.28. The molecule has 0 aromatic heterocycles. The molecule has 0 aliphatic carbocycles. The number of aliphatic carboxylic acids is 1. The van der Waals surface area contributed by atoms with Crippen LogP contribution in [0, 0.1) is 5.92 Å². The molecule has 1 saturated heterocycles. The van der Waals surface area contributed by atoms with Gasteiger partial charge in [-0.25, -0.2) is 0 Å². The lowest BCUT2D eigenvalue weighted by Gasteiger charge is -2.16. The van der Waals surface area contributed by atoms with Crippen LogP contribution >= 0.6 is 11.8 Å². The number of amides is 1. The molecular formula is C15H19NO3S. The first kappa shape index (κ1) is 14.9. The number of carbonyl (C=O) groups is 2. The fourth-order valence-corrected chi connectivity index (χ4v) is 3.05. The molecule has 0 bridgehead atoms. The van der Waals surface area contributed by atoms with Gasteiger partial charge in [0.25, 0.3) is 5.91 Å². The van der Waals surface area contributed by atoms with E-state index in [0.29, 0.717) is 18.7 Å². The van der Waals surface area contributed by atoms with E-state index in [0.717, 1.165) is 12.2 Å². The maximum absolute atomic E-state index is 12.3. The summed E-state index contributed by atoms with van der Waals surface area (Å²) in [4.78, 5) is 24.8. The van der Waals surface area contributed by atoms with Gasteiger partial charge < -0.3 is 10.0 Å². The fourth-order valence-electron chi connectivity index (χ4n) is 2.52. The van der Waals surface area contributed by atoms with Crippen LogP contribution in [0.25, 0.3) is 0 Å². The number of carboxylic acids is 1. The Kier molecular flexibility index (Phi) is 5.06. The minimum Gasteiger partial charge on any atom is -0.481 e. The van der Waals surface area contributed by atoms with Gasteiger partial charge in [-0.1, -0.05) is 12.1 Å². The molecule has 108 valence electrons. The zero-order chi connectivity index (χ0) is 14.5. The van der Waals surface area contributed by atoms with Gasteiger partial charge in [0.1, 0.15) is 0 Å². The summed E-state index contributed by atoms with van der Waals surface area (Å²) in [5.74, 6) is 0.255. The van der Waals surface area contributed by atoms with E-state index < -0.39 is 5.97 Å². The average molecular weight is 293 g/mol. The van der Waals surface area contributed by atoms with Crippen molar-refractivity contribution in [2.24, 2.45) is 5.92 Å². The lowest BCUT2D eigenvalue weighted by atomic mass is 10.1. The Morgan fingerprint density at radius 3 is 2.65 bits per heavy atom. The van der Waals surface area contributed by atoms with E-state index in [2.05, 4.69) is 0 Å². The quantitative estimate of drug-likeness (QED) is 0.906. The predicted molar refractivity (Wildman–Crippen MR) is 79.9 cm³/mol. The van der Waals surface area contributed by atoms with Crippen molar-refractivity contribution in [2.45, 2.75) is 18.6 Å².